The van der Waals surface area contributed by atoms with Gasteiger partial charge < -0.3 is 11.1 Å². The molecule has 0 fully saturated rings. The summed E-state index contributed by atoms with van der Waals surface area (Å²) >= 11 is 1.71. The minimum absolute atomic E-state index is 0.271. The lowest BCUT2D eigenvalue weighted by Gasteiger charge is -2.15. The largest absolute Gasteiger partial charge is 0.365 e. The molecular weight excluding hydrogens is 232 g/mol. The quantitative estimate of drug-likeness (QED) is 0.875. The molecule has 0 saturated carbocycles. The fraction of sp³-hybridized carbons (Fsp3) is 0.500. The summed E-state index contributed by atoms with van der Waals surface area (Å²) in [7, 11) is 0. The van der Waals surface area contributed by atoms with Gasteiger partial charge in [-0.25, -0.2) is 9.97 Å². The van der Waals surface area contributed by atoms with Gasteiger partial charge >= 0.3 is 0 Å². The first-order valence-corrected chi connectivity index (χ1v) is 6.66. The first-order chi connectivity index (χ1) is 8.17. The topological polar surface area (TPSA) is 63.8 Å². The third-order valence-electron chi connectivity index (χ3n) is 3.08. The molecule has 5 heteroatoms. The van der Waals surface area contributed by atoms with Gasteiger partial charge in [0.05, 0.1) is 5.39 Å². The van der Waals surface area contributed by atoms with E-state index in [-0.39, 0.29) is 6.04 Å². The maximum absolute atomic E-state index is 5.72. The molecule has 17 heavy (non-hydrogen) atoms. The molecule has 1 atom stereocenters. The van der Waals surface area contributed by atoms with Gasteiger partial charge in [-0.1, -0.05) is 6.92 Å². The second-order valence-corrected chi connectivity index (χ2v) is 5.37. The predicted octanol–water partition coefficient (Wildman–Crippen LogP) is 2.46. The van der Waals surface area contributed by atoms with Gasteiger partial charge in [0.15, 0.2) is 0 Å². The average Bonchev–Trinajstić information content (AvgIpc) is 2.63. The van der Waals surface area contributed by atoms with Crippen LogP contribution < -0.4 is 11.1 Å². The lowest BCUT2D eigenvalue weighted by atomic mass is 10.2. The van der Waals surface area contributed by atoms with E-state index in [1.54, 1.807) is 17.7 Å². The number of anilines is 1. The summed E-state index contributed by atoms with van der Waals surface area (Å²) in [5.41, 5.74) is 6.98. The van der Waals surface area contributed by atoms with E-state index >= 15 is 0 Å². The Balaban J connectivity index is 2.46. The third kappa shape index (κ3) is 2.25. The summed E-state index contributed by atoms with van der Waals surface area (Å²) in [6, 6.07) is 0.271. The molecular formula is C12H18N4S. The Morgan fingerprint density at radius 2 is 2.18 bits per heavy atom. The second-order valence-electron chi connectivity index (χ2n) is 4.17. The second kappa shape index (κ2) is 4.98. The first-order valence-electron chi connectivity index (χ1n) is 5.84. The van der Waals surface area contributed by atoms with E-state index in [1.807, 2.05) is 0 Å². The van der Waals surface area contributed by atoms with Gasteiger partial charge in [-0.3, -0.25) is 0 Å². The molecule has 0 spiro atoms. The monoisotopic (exact) mass is 250 g/mol. The predicted molar refractivity (Wildman–Crippen MR) is 73.6 cm³/mol. The summed E-state index contributed by atoms with van der Waals surface area (Å²) in [5, 5.41) is 4.55. The maximum atomic E-state index is 5.72. The number of hydrogen-bond donors (Lipinski definition) is 2. The number of nitrogens with two attached hydrogens (primary N) is 1. The van der Waals surface area contributed by atoms with Gasteiger partial charge in [0.25, 0.3) is 0 Å². The van der Waals surface area contributed by atoms with Crippen LogP contribution in [-0.2, 0) is 0 Å². The Morgan fingerprint density at radius 3 is 2.82 bits per heavy atom. The normalized spacial score (nSPS) is 12.9. The summed E-state index contributed by atoms with van der Waals surface area (Å²) < 4.78 is 0. The number of thiophene rings is 1. The summed E-state index contributed by atoms with van der Waals surface area (Å²) in [6.07, 6.45) is 2.60. The lowest BCUT2D eigenvalue weighted by molar-refractivity contribution is 0.701. The molecule has 2 heterocycles. The number of fused-ring (bicyclic) bond motifs is 1. The van der Waals surface area contributed by atoms with E-state index in [9.17, 15) is 0 Å². The van der Waals surface area contributed by atoms with Crippen molar-refractivity contribution in [2.24, 2.45) is 5.73 Å². The fourth-order valence-corrected chi connectivity index (χ4v) is 2.81. The Morgan fingerprint density at radius 1 is 1.41 bits per heavy atom. The molecule has 2 aromatic rings. The van der Waals surface area contributed by atoms with Gasteiger partial charge in [0.2, 0.25) is 0 Å². The van der Waals surface area contributed by atoms with E-state index in [0.717, 1.165) is 22.5 Å². The van der Waals surface area contributed by atoms with E-state index in [0.29, 0.717) is 6.54 Å². The van der Waals surface area contributed by atoms with Crippen molar-refractivity contribution in [1.29, 1.82) is 0 Å². The molecule has 0 radical (unpaired) electrons. The van der Waals surface area contributed by atoms with Gasteiger partial charge in [-0.05, 0) is 25.8 Å². The molecule has 3 N–H and O–H groups in total. The molecule has 0 bridgehead atoms. The van der Waals surface area contributed by atoms with Crippen LogP contribution in [0.5, 0.6) is 0 Å². The van der Waals surface area contributed by atoms with Crippen LogP contribution in [0.25, 0.3) is 10.2 Å². The van der Waals surface area contributed by atoms with Crippen molar-refractivity contribution in [1.82, 2.24) is 9.97 Å². The van der Waals surface area contributed by atoms with Crippen molar-refractivity contribution >= 4 is 27.4 Å². The average molecular weight is 250 g/mol. The smallest absolute Gasteiger partial charge is 0.138 e. The van der Waals surface area contributed by atoms with Crippen molar-refractivity contribution in [3.63, 3.8) is 0 Å². The molecule has 92 valence electrons. The van der Waals surface area contributed by atoms with Gasteiger partial charge in [-0.2, -0.15) is 0 Å². The fourth-order valence-electron chi connectivity index (χ4n) is 1.81. The lowest BCUT2D eigenvalue weighted by Crippen LogP contribution is -2.28. The maximum Gasteiger partial charge on any atom is 0.138 e. The van der Waals surface area contributed by atoms with Crippen LogP contribution in [-0.4, -0.2) is 22.6 Å². The summed E-state index contributed by atoms with van der Waals surface area (Å²) in [4.78, 5) is 11.0. The molecule has 0 aliphatic rings. The number of nitrogens with zero attached hydrogens (tertiary/aromatic N) is 2. The number of aromatic nitrogens is 2. The van der Waals surface area contributed by atoms with Gasteiger partial charge in [0, 0.05) is 17.5 Å². The Bertz CT molecular complexity index is 516. The molecule has 1 unspecified atom stereocenters. The van der Waals surface area contributed by atoms with Crippen molar-refractivity contribution in [3.05, 3.63) is 16.8 Å². The Kier molecular flexibility index (Phi) is 3.59. The highest BCUT2D eigenvalue weighted by molar-refractivity contribution is 7.18. The molecule has 0 saturated heterocycles. The highest BCUT2D eigenvalue weighted by Gasteiger charge is 2.13. The molecule has 0 amide bonds. The van der Waals surface area contributed by atoms with E-state index < -0.39 is 0 Å². The summed E-state index contributed by atoms with van der Waals surface area (Å²) in [5.74, 6) is 0.911. The van der Waals surface area contributed by atoms with Crippen LogP contribution in [0.15, 0.2) is 6.33 Å². The van der Waals surface area contributed by atoms with Crippen LogP contribution >= 0.6 is 11.3 Å². The molecule has 4 nitrogen and oxygen atoms in total. The number of hydrogen-bond acceptors (Lipinski definition) is 5. The van der Waals surface area contributed by atoms with Crippen molar-refractivity contribution < 1.29 is 0 Å². The molecule has 0 aliphatic carbocycles. The molecule has 2 rings (SSSR count). The van der Waals surface area contributed by atoms with E-state index in [1.165, 1.54) is 10.4 Å². The number of aryl methyl sites for hydroxylation is 2. The van der Waals surface area contributed by atoms with E-state index in [4.69, 9.17) is 5.73 Å². The van der Waals surface area contributed by atoms with Crippen LogP contribution in [0.1, 0.15) is 23.8 Å². The van der Waals surface area contributed by atoms with Gasteiger partial charge in [0.1, 0.15) is 17.0 Å². The molecule has 2 aromatic heterocycles. The zero-order valence-electron chi connectivity index (χ0n) is 10.4. The third-order valence-corrected chi connectivity index (χ3v) is 4.20. The van der Waals surface area contributed by atoms with Crippen LogP contribution in [0.2, 0.25) is 0 Å². The zero-order chi connectivity index (χ0) is 12.4. The number of rotatable bonds is 4. The Hall–Kier alpha value is -1.20. The SMILES string of the molecule is CCC(CN)Nc1ncnc2sc(C)c(C)c12. The number of nitrogens with one attached hydrogen (secondary N) is 1. The summed E-state index contributed by atoms with van der Waals surface area (Å²) in [6.45, 7) is 6.97. The van der Waals surface area contributed by atoms with E-state index in [2.05, 4.69) is 36.1 Å². The zero-order valence-corrected chi connectivity index (χ0v) is 11.3. The standard InChI is InChI=1S/C12H18N4S/c1-4-9(5-13)16-11-10-7(2)8(3)17-12(10)15-6-14-11/h6,9H,4-5,13H2,1-3H3,(H,14,15,16). The van der Waals surface area contributed by atoms with Crippen LogP contribution in [0.4, 0.5) is 5.82 Å². The Labute approximate surface area is 105 Å². The minimum atomic E-state index is 0.271. The van der Waals surface area contributed by atoms with Crippen molar-refractivity contribution in [2.45, 2.75) is 33.2 Å². The van der Waals surface area contributed by atoms with Crippen LogP contribution in [0.3, 0.4) is 0 Å². The van der Waals surface area contributed by atoms with Crippen molar-refractivity contribution in [2.75, 3.05) is 11.9 Å². The van der Waals surface area contributed by atoms with Gasteiger partial charge in [-0.15, -0.1) is 11.3 Å². The van der Waals surface area contributed by atoms with Crippen LogP contribution in [0, 0.1) is 13.8 Å². The molecule has 0 aliphatic heterocycles. The highest BCUT2D eigenvalue weighted by Crippen LogP contribution is 2.32. The minimum Gasteiger partial charge on any atom is -0.365 e. The first kappa shape index (κ1) is 12.3. The molecule has 0 aromatic carbocycles. The van der Waals surface area contributed by atoms with Crippen molar-refractivity contribution in [3.8, 4) is 0 Å². The highest BCUT2D eigenvalue weighted by atomic mass is 32.1.